The number of hydrogen-bond acceptors (Lipinski definition) is 3. The Morgan fingerprint density at radius 1 is 1.12 bits per heavy atom. The zero-order valence-corrected chi connectivity index (χ0v) is 11.1. The van der Waals surface area contributed by atoms with Crippen LogP contribution >= 0.6 is 0 Å². The lowest BCUT2D eigenvalue weighted by atomic mass is 9.92. The molecule has 3 heteroatoms. The molecule has 2 atom stereocenters. The van der Waals surface area contributed by atoms with Crippen molar-refractivity contribution in [3.8, 4) is 5.75 Å². The Morgan fingerprint density at radius 2 is 1.82 bits per heavy atom. The van der Waals surface area contributed by atoms with Gasteiger partial charge in [-0.05, 0) is 43.5 Å². The highest BCUT2D eigenvalue weighted by molar-refractivity contribution is 5.45. The van der Waals surface area contributed by atoms with Gasteiger partial charge in [0.2, 0.25) is 0 Å². The number of ether oxygens (including phenoxy) is 1. The topological polar surface area (TPSA) is 33.3 Å². The third-order valence-corrected chi connectivity index (χ3v) is 3.79. The first-order chi connectivity index (χ1) is 8.15. The summed E-state index contributed by atoms with van der Waals surface area (Å²) in [6.45, 7) is 8.61. The second-order valence-corrected chi connectivity index (χ2v) is 4.78. The molecule has 1 aliphatic rings. The van der Waals surface area contributed by atoms with Crippen LogP contribution in [0.3, 0.4) is 0 Å². The van der Waals surface area contributed by atoms with Crippen molar-refractivity contribution in [2.75, 3.05) is 20.2 Å². The van der Waals surface area contributed by atoms with Crippen molar-refractivity contribution in [2.45, 2.75) is 32.9 Å². The lowest BCUT2D eigenvalue weighted by Crippen LogP contribution is -2.49. The molecular weight excluding hydrogens is 212 g/mol. The Kier molecular flexibility index (Phi) is 3.69. The van der Waals surface area contributed by atoms with Gasteiger partial charge in [-0.1, -0.05) is 6.07 Å². The van der Waals surface area contributed by atoms with E-state index in [1.54, 1.807) is 7.11 Å². The van der Waals surface area contributed by atoms with Gasteiger partial charge in [-0.25, -0.2) is 0 Å². The molecule has 0 radical (unpaired) electrons. The van der Waals surface area contributed by atoms with Gasteiger partial charge in [0.15, 0.2) is 0 Å². The monoisotopic (exact) mass is 234 g/mol. The zero-order chi connectivity index (χ0) is 12.4. The molecule has 1 fully saturated rings. The quantitative estimate of drug-likeness (QED) is 0.820. The molecule has 1 aromatic rings. The average Bonchev–Trinajstić information content (AvgIpc) is 2.34. The SMILES string of the molecule is COc1ccc(C2NCCNC2C)c(C)c1C. The molecule has 0 amide bonds. The Labute approximate surface area is 104 Å². The molecule has 3 nitrogen and oxygen atoms in total. The smallest absolute Gasteiger partial charge is 0.122 e. The average molecular weight is 234 g/mol. The third kappa shape index (κ3) is 2.31. The van der Waals surface area contributed by atoms with E-state index >= 15 is 0 Å². The summed E-state index contributed by atoms with van der Waals surface area (Å²) in [5, 5.41) is 7.10. The molecule has 0 spiro atoms. The summed E-state index contributed by atoms with van der Waals surface area (Å²) in [4.78, 5) is 0. The second kappa shape index (κ2) is 5.07. The molecule has 0 aromatic heterocycles. The number of piperazine rings is 1. The number of nitrogens with one attached hydrogen (secondary N) is 2. The second-order valence-electron chi connectivity index (χ2n) is 4.78. The summed E-state index contributed by atoms with van der Waals surface area (Å²) < 4.78 is 5.36. The molecule has 1 saturated heterocycles. The molecule has 0 saturated carbocycles. The van der Waals surface area contributed by atoms with E-state index in [4.69, 9.17) is 4.74 Å². The lowest BCUT2D eigenvalue weighted by molar-refractivity contribution is 0.344. The van der Waals surface area contributed by atoms with Crippen LogP contribution in [0.1, 0.15) is 29.7 Å². The van der Waals surface area contributed by atoms with E-state index < -0.39 is 0 Å². The van der Waals surface area contributed by atoms with Crippen LogP contribution in [0, 0.1) is 13.8 Å². The van der Waals surface area contributed by atoms with Gasteiger partial charge in [-0.2, -0.15) is 0 Å². The summed E-state index contributed by atoms with van der Waals surface area (Å²) >= 11 is 0. The first-order valence-electron chi connectivity index (χ1n) is 6.26. The molecule has 94 valence electrons. The predicted molar refractivity (Wildman–Crippen MR) is 70.7 cm³/mol. The van der Waals surface area contributed by atoms with Crippen LogP contribution in [0.4, 0.5) is 0 Å². The lowest BCUT2D eigenvalue weighted by Gasteiger charge is -2.33. The fourth-order valence-electron chi connectivity index (χ4n) is 2.58. The van der Waals surface area contributed by atoms with Crippen LogP contribution in [-0.4, -0.2) is 26.2 Å². The van der Waals surface area contributed by atoms with Crippen molar-refractivity contribution in [3.63, 3.8) is 0 Å². The summed E-state index contributed by atoms with van der Waals surface area (Å²) in [6, 6.07) is 5.12. The Morgan fingerprint density at radius 3 is 2.47 bits per heavy atom. The van der Waals surface area contributed by atoms with Gasteiger partial charge in [0, 0.05) is 25.2 Å². The fourth-order valence-corrected chi connectivity index (χ4v) is 2.58. The van der Waals surface area contributed by atoms with E-state index in [9.17, 15) is 0 Å². The molecule has 2 rings (SSSR count). The normalized spacial score (nSPS) is 24.7. The Balaban J connectivity index is 2.35. The summed E-state index contributed by atoms with van der Waals surface area (Å²) in [6.07, 6.45) is 0. The van der Waals surface area contributed by atoms with Crippen LogP contribution in [0.5, 0.6) is 5.75 Å². The van der Waals surface area contributed by atoms with Crippen LogP contribution in [0.25, 0.3) is 0 Å². The first kappa shape index (κ1) is 12.4. The maximum atomic E-state index is 5.36. The molecule has 1 heterocycles. The van der Waals surface area contributed by atoms with Gasteiger partial charge in [-0.15, -0.1) is 0 Å². The molecule has 2 unspecified atom stereocenters. The van der Waals surface area contributed by atoms with Crippen molar-refractivity contribution >= 4 is 0 Å². The number of hydrogen-bond donors (Lipinski definition) is 2. The van der Waals surface area contributed by atoms with Crippen molar-refractivity contribution < 1.29 is 4.74 Å². The molecule has 0 bridgehead atoms. The number of rotatable bonds is 2. The van der Waals surface area contributed by atoms with Gasteiger partial charge in [-0.3, -0.25) is 0 Å². The Bertz CT molecular complexity index is 403. The summed E-state index contributed by atoms with van der Waals surface area (Å²) in [7, 11) is 1.73. The molecular formula is C14H22N2O. The van der Waals surface area contributed by atoms with Gasteiger partial charge in [0.05, 0.1) is 7.11 Å². The van der Waals surface area contributed by atoms with Crippen molar-refractivity contribution in [1.82, 2.24) is 10.6 Å². The minimum Gasteiger partial charge on any atom is -0.496 e. The minimum absolute atomic E-state index is 0.397. The van der Waals surface area contributed by atoms with E-state index in [0.29, 0.717) is 12.1 Å². The van der Waals surface area contributed by atoms with Crippen LogP contribution < -0.4 is 15.4 Å². The molecule has 2 N–H and O–H groups in total. The number of methoxy groups -OCH3 is 1. The van der Waals surface area contributed by atoms with Crippen molar-refractivity contribution in [2.24, 2.45) is 0 Å². The Hall–Kier alpha value is -1.06. The minimum atomic E-state index is 0.397. The van der Waals surface area contributed by atoms with Gasteiger partial charge in [0.1, 0.15) is 5.75 Å². The standard InChI is InChI=1S/C14H22N2O/c1-9-10(2)13(17-4)6-5-12(9)14-11(3)15-7-8-16-14/h5-6,11,14-16H,7-8H2,1-4H3. The van der Waals surface area contributed by atoms with Crippen molar-refractivity contribution in [3.05, 3.63) is 28.8 Å². The molecule has 0 aliphatic carbocycles. The fraction of sp³-hybridized carbons (Fsp3) is 0.571. The highest BCUT2D eigenvalue weighted by Gasteiger charge is 2.24. The predicted octanol–water partition coefficient (Wildman–Crippen LogP) is 1.93. The molecule has 17 heavy (non-hydrogen) atoms. The van der Waals surface area contributed by atoms with Crippen LogP contribution in [0.2, 0.25) is 0 Å². The van der Waals surface area contributed by atoms with Gasteiger partial charge < -0.3 is 15.4 Å². The maximum Gasteiger partial charge on any atom is 0.122 e. The first-order valence-corrected chi connectivity index (χ1v) is 6.26. The van der Waals surface area contributed by atoms with Gasteiger partial charge in [0.25, 0.3) is 0 Å². The van der Waals surface area contributed by atoms with Gasteiger partial charge >= 0.3 is 0 Å². The number of benzene rings is 1. The van der Waals surface area contributed by atoms with Crippen molar-refractivity contribution in [1.29, 1.82) is 0 Å². The zero-order valence-electron chi connectivity index (χ0n) is 11.1. The van der Waals surface area contributed by atoms with E-state index in [1.807, 2.05) is 0 Å². The van der Waals surface area contributed by atoms with Crippen LogP contribution in [-0.2, 0) is 0 Å². The molecule has 1 aromatic carbocycles. The van der Waals surface area contributed by atoms with E-state index in [0.717, 1.165) is 18.8 Å². The summed E-state index contributed by atoms with van der Waals surface area (Å²) in [5.74, 6) is 0.975. The van der Waals surface area contributed by atoms with E-state index in [1.165, 1.54) is 16.7 Å². The summed E-state index contributed by atoms with van der Waals surface area (Å²) in [5.41, 5.74) is 3.95. The van der Waals surface area contributed by atoms with E-state index in [2.05, 4.69) is 43.5 Å². The third-order valence-electron chi connectivity index (χ3n) is 3.79. The molecule has 1 aliphatic heterocycles. The highest BCUT2D eigenvalue weighted by atomic mass is 16.5. The maximum absolute atomic E-state index is 5.36. The van der Waals surface area contributed by atoms with Crippen LogP contribution in [0.15, 0.2) is 12.1 Å². The largest absolute Gasteiger partial charge is 0.496 e. The highest BCUT2D eigenvalue weighted by Crippen LogP contribution is 2.29. The van der Waals surface area contributed by atoms with E-state index in [-0.39, 0.29) is 0 Å².